The van der Waals surface area contributed by atoms with Gasteiger partial charge in [0.25, 0.3) is 11.8 Å². The molecule has 0 aliphatic carbocycles. The number of aryl methyl sites for hydroxylation is 1. The van der Waals surface area contributed by atoms with Crippen LogP contribution in [0.5, 0.6) is 0 Å². The average molecular weight is 396 g/mol. The van der Waals surface area contributed by atoms with E-state index in [0.717, 1.165) is 18.7 Å². The summed E-state index contributed by atoms with van der Waals surface area (Å²) in [5.41, 5.74) is 3.32. The number of imide groups is 1. The SMILES string of the molecule is Cc1ccc(N2C(=O)C(c3ccc(Cl)cc3)=C(N3CCN(C)CC3)C2=O)cc1. The van der Waals surface area contributed by atoms with Gasteiger partial charge >= 0.3 is 0 Å². The van der Waals surface area contributed by atoms with E-state index in [9.17, 15) is 9.59 Å². The summed E-state index contributed by atoms with van der Waals surface area (Å²) in [5, 5.41) is 0.595. The lowest BCUT2D eigenvalue weighted by molar-refractivity contribution is -0.120. The summed E-state index contributed by atoms with van der Waals surface area (Å²) >= 11 is 6.03. The predicted octanol–water partition coefficient (Wildman–Crippen LogP) is 3.18. The van der Waals surface area contributed by atoms with Gasteiger partial charge < -0.3 is 9.80 Å². The van der Waals surface area contributed by atoms with Gasteiger partial charge in [-0.2, -0.15) is 0 Å². The molecule has 2 aromatic carbocycles. The molecule has 2 heterocycles. The van der Waals surface area contributed by atoms with Crippen molar-refractivity contribution in [1.29, 1.82) is 0 Å². The molecular formula is C22H22ClN3O2. The van der Waals surface area contributed by atoms with Crippen LogP contribution in [0.4, 0.5) is 5.69 Å². The maximum atomic E-state index is 13.4. The van der Waals surface area contributed by atoms with Crippen LogP contribution in [0.15, 0.2) is 54.2 Å². The Kier molecular flexibility index (Phi) is 4.96. The Morgan fingerprint density at radius 1 is 0.821 bits per heavy atom. The van der Waals surface area contributed by atoms with Gasteiger partial charge in [0.2, 0.25) is 0 Å². The summed E-state index contributed by atoms with van der Waals surface area (Å²) in [4.78, 5) is 32.3. The second kappa shape index (κ2) is 7.41. The minimum atomic E-state index is -0.287. The van der Waals surface area contributed by atoms with Crippen molar-refractivity contribution in [3.8, 4) is 0 Å². The number of hydrogen-bond donors (Lipinski definition) is 0. The standard InChI is InChI=1S/C22H22ClN3O2/c1-15-3-9-18(10-4-15)26-21(27)19(16-5-7-17(23)8-6-16)20(22(26)28)25-13-11-24(2)12-14-25/h3-10H,11-14H2,1-2H3. The van der Waals surface area contributed by atoms with Crippen LogP contribution in [0.25, 0.3) is 5.57 Å². The molecule has 2 aliphatic rings. The average Bonchev–Trinajstić information content (AvgIpc) is 2.94. The number of carbonyl (C=O) groups is 2. The Morgan fingerprint density at radius 3 is 2.04 bits per heavy atom. The van der Waals surface area contributed by atoms with Crippen molar-refractivity contribution in [1.82, 2.24) is 9.80 Å². The van der Waals surface area contributed by atoms with Crippen LogP contribution in [-0.4, -0.2) is 54.8 Å². The Morgan fingerprint density at radius 2 is 1.43 bits per heavy atom. The van der Waals surface area contributed by atoms with Gasteiger partial charge in [-0.05, 0) is 43.8 Å². The number of carbonyl (C=O) groups excluding carboxylic acids is 2. The quantitative estimate of drug-likeness (QED) is 0.749. The molecule has 28 heavy (non-hydrogen) atoms. The largest absolute Gasteiger partial charge is 0.364 e. The van der Waals surface area contributed by atoms with Gasteiger partial charge in [-0.3, -0.25) is 9.59 Å². The summed E-state index contributed by atoms with van der Waals surface area (Å²) in [7, 11) is 2.06. The highest BCUT2D eigenvalue weighted by atomic mass is 35.5. The maximum absolute atomic E-state index is 13.4. The Bertz CT molecular complexity index is 943. The van der Waals surface area contributed by atoms with Gasteiger partial charge in [0.05, 0.1) is 11.3 Å². The molecule has 144 valence electrons. The van der Waals surface area contributed by atoms with Crippen LogP contribution < -0.4 is 4.90 Å². The number of piperazine rings is 1. The van der Waals surface area contributed by atoms with E-state index in [1.807, 2.05) is 36.1 Å². The first-order valence-corrected chi connectivity index (χ1v) is 9.72. The molecule has 6 heteroatoms. The minimum Gasteiger partial charge on any atom is -0.364 e. The first-order chi connectivity index (χ1) is 13.5. The predicted molar refractivity (Wildman–Crippen MR) is 111 cm³/mol. The number of nitrogens with zero attached hydrogens (tertiary/aromatic N) is 3. The third kappa shape index (κ3) is 3.32. The second-order valence-electron chi connectivity index (χ2n) is 7.30. The second-order valence-corrected chi connectivity index (χ2v) is 7.74. The number of benzene rings is 2. The monoisotopic (exact) mass is 395 g/mol. The van der Waals surface area contributed by atoms with E-state index in [1.54, 1.807) is 24.3 Å². The van der Waals surface area contributed by atoms with Crippen molar-refractivity contribution < 1.29 is 9.59 Å². The number of halogens is 1. The van der Waals surface area contributed by atoms with Gasteiger partial charge in [-0.25, -0.2) is 4.90 Å². The first-order valence-electron chi connectivity index (χ1n) is 9.35. The van der Waals surface area contributed by atoms with Gasteiger partial charge in [-0.1, -0.05) is 41.4 Å². The van der Waals surface area contributed by atoms with E-state index in [-0.39, 0.29) is 11.8 Å². The third-order valence-electron chi connectivity index (χ3n) is 5.30. The van der Waals surface area contributed by atoms with Crippen molar-refractivity contribution in [2.45, 2.75) is 6.92 Å². The van der Waals surface area contributed by atoms with Gasteiger partial charge in [0.15, 0.2) is 0 Å². The summed E-state index contributed by atoms with van der Waals surface area (Å²) in [5.74, 6) is -0.548. The van der Waals surface area contributed by atoms with Crippen molar-refractivity contribution in [3.05, 3.63) is 70.4 Å². The van der Waals surface area contributed by atoms with Crippen LogP contribution >= 0.6 is 11.6 Å². The summed E-state index contributed by atoms with van der Waals surface area (Å²) in [6, 6.07) is 14.6. The van der Waals surface area contributed by atoms with E-state index >= 15 is 0 Å². The van der Waals surface area contributed by atoms with E-state index in [4.69, 9.17) is 11.6 Å². The molecule has 2 aliphatic heterocycles. The molecule has 1 fully saturated rings. The minimum absolute atomic E-state index is 0.261. The molecule has 2 aromatic rings. The molecule has 0 radical (unpaired) electrons. The van der Waals surface area contributed by atoms with Crippen molar-refractivity contribution in [3.63, 3.8) is 0 Å². The summed E-state index contributed by atoms with van der Waals surface area (Å²) < 4.78 is 0. The van der Waals surface area contributed by atoms with Crippen LogP contribution in [0.1, 0.15) is 11.1 Å². The van der Waals surface area contributed by atoms with Crippen molar-refractivity contribution >= 4 is 34.7 Å². The zero-order chi connectivity index (χ0) is 19.8. The fourth-order valence-corrected chi connectivity index (χ4v) is 3.77. The highest BCUT2D eigenvalue weighted by Gasteiger charge is 2.42. The van der Waals surface area contributed by atoms with E-state index < -0.39 is 0 Å². The fourth-order valence-electron chi connectivity index (χ4n) is 3.65. The zero-order valence-corrected chi connectivity index (χ0v) is 16.7. The molecule has 1 saturated heterocycles. The van der Waals surface area contributed by atoms with Gasteiger partial charge in [0.1, 0.15) is 5.70 Å². The lowest BCUT2D eigenvalue weighted by Crippen LogP contribution is -2.46. The van der Waals surface area contributed by atoms with Crippen LogP contribution in [0.3, 0.4) is 0 Å². The molecule has 0 spiro atoms. The van der Waals surface area contributed by atoms with Crippen LogP contribution in [0, 0.1) is 6.92 Å². The van der Waals surface area contributed by atoms with E-state index in [2.05, 4.69) is 11.9 Å². The molecule has 0 atom stereocenters. The number of hydrogen-bond acceptors (Lipinski definition) is 4. The van der Waals surface area contributed by atoms with E-state index in [1.165, 1.54) is 4.90 Å². The van der Waals surface area contributed by atoms with Gasteiger partial charge in [0, 0.05) is 31.2 Å². The Balaban J connectivity index is 1.79. The molecule has 5 nitrogen and oxygen atoms in total. The molecule has 0 bridgehead atoms. The topological polar surface area (TPSA) is 43.9 Å². The van der Waals surface area contributed by atoms with Crippen LogP contribution in [0.2, 0.25) is 5.02 Å². The van der Waals surface area contributed by atoms with E-state index in [0.29, 0.717) is 40.6 Å². The van der Waals surface area contributed by atoms with Gasteiger partial charge in [-0.15, -0.1) is 0 Å². The zero-order valence-electron chi connectivity index (χ0n) is 16.0. The highest BCUT2D eigenvalue weighted by Crippen LogP contribution is 2.35. The number of anilines is 1. The molecule has 4 rings (SSSR count). The Hall–Kier alpha value is -2.63. The first kappa shape index (κ1) is 18.7. The molecule has 2 amide bonds. The lowest BCUT2D eigenvalue weighted by Gasteiger charge is -2.34. The molecule has 0 saturated carbocycles. The molecule has 0 N–H and O–H groups in total. The number of amides is 2. The lowest BCUT2D eigenvalue weighted by atomic mass is 10.0. The highest BCUT2D eigenvalue weighted by molar-refractivity contribution is 6.45. The number of rotatable bonds is 3. The maximum Gasteiger partial charge on any atom is 0.282 e. The molecular weight excluding hydrogens is 374 g/mol. The number of likely N-dealkylation sites (N-methyl/N-ethyl adjacent to an activating group) is 1. The van der Waals surface area contributed by atoms with Crippen LogP contribution in [-0.2, 0) is 9.59 Å². The smallest absolute Gasteiger partial charge is 0.282 e. The summed E-state index contributed by atoms with van der Waals surface area (Å²) in [6.45, 7) is 5.10. The van der Waals surface area contributed by atoms with Crippen molar-refractivity contribution in [2.24, 2.45) is 0 Å². The van der Waals surface area contributed by atoms with Crippen molar-refractivity contribution in [2.75, 3.05) is 38.1 Å². The third-order valence-corrected chi connectivity index (χ3v) is 5.56. The molecule has 0 aromatic heterocycles. The normalized spacial score (nSPS) is 18.4. The summed E-state index contributed by atoms with van der Waals surface area (Å²) in [6.07, 6.45) is 0. The molecule has 0 unspecified atom stereocenters. The Labute approximate surface area is 169 Å². The fraction of sp³-hybridized carbons (Fsp3) is 0.273.